The van der Waals surface area contributed by atoms with E-state index in [1.54, 1.807) is 36.5 Å². The van der Waals surface area contributed by atoms with Gasteiger partial charge in [0.05, 0.1) is 30.1 Å². The molecule has 0 spiro atoms. The van der Waals surface area contributed by atoms with E-state index >= 15 is 0 Å². The summed E-state index contributed by atoms with van der Waals surface area (Å²) in [6.07, 6.45) is 2.86. The normalized spacial score (nSPS) is 16.5. The lowest BCUT2D eigenvalue weighted by Crippen LogP contribution is -2.44. The maximum absolute atomic E-state index is 14.6. The predicted octanol–water partition coefficient (Wildman–Crippen LogP) is 2.92. The molecule has 1 aliphatic rings. The lowest BCUT2D eigenvalue weighted by atomic mass is 10.0. The van der Waals surface area contributed by atoms with Gasteiger partial charge in [-0.05, 0) is 42.0 Å². The van der Waals surface area contributed by atoms with E-state index in [-0.39, 0.29) is 42.3 Å². The van der Waals surface area contributed by atoms with Crippen LogP contribution in [0.25, 0.3) is 33.3 Å². The van der Waals surface area contributed by atoms with E-state index in [0.29, 0.717) is 21.5 Å². The number of alkyl halides is 1. The van der Waals surface area contributed by atoms with Crippen molar-refractivity contribution in [3.63, 3.8) is 0 Å². The summed E-state index contributed by atoms with van der Waals surface area (Å²) in [5.41, 5.74) is 8.26. The Bertz CT molecular complexity index is 1880. The molecular weight excluding hydrogens is 581 g/mol. The molecule has 1 saturated heterocycles. The molecule has 0 aliphatic carbocycles. The number of primary amides is 1. The van der Waals surface area contributed by atoms with Crippen molar-refractivity contribution in [3.8, 4) is 28.1 Å². The topological polar surface area (TPSA) is 185 Å². The highest BCUT2D eigenvalue weighted by atomic mass is 35.5. The Morgan fingerprint density at radius 3 is 2.72 bits per heavy atom. The number of nitrogens with two attached hydrogens (primary N) is 1. The number of aromatic hydroxyl groups is 1. The smallest absolute Gasteiger partial charge is 0.269 e. The number of fused-ring (bicyclic) bond motifs is 1. The molecule has 218 valence electrons. The lowest BCUT2D eigenvalue weighted by Gasteiger charge is -2.23. The molecule has 3 aromatic heterocycles. The quantitative estimate of drug-likeness (QED) is 0.219. The number of nitrogens with zero attached hydrogens (tertiary/aromatic N) is 6. The number of nitrogens with one attached hydrogen (secondary N) is 2. The van der Waals surface area contributed by atoms with Crippen LogP contribution in [-0.2, 0) is 16.1 Å². The first kappa shape index (κ1) is 27.8. The van der Waals surface area contributed by atoms with E-state index in [1.165, 1.54) is 29.2 Å². The number of hydrogen-bond donors (Lipinski definition) is 4. The van der Waals surface area contributed by atoms with Crippen LogP contribution in [0, 0.1) is 0 Å². The van der Waals surface area contributed by atoms with Crippen molar-refractivity contribution in [1.82, 2.24) is 35.1 Å². The van der Waals surface area contributed by atoms with Gasteiger partial charge >= 0.3 is 0 Å². The van der Waals surface area contributed by atoms with E-state index < -0.39 is 29.9 Å². The van der Waals surface area contributed by atoms with E-state index in [1.807, 2.05) is 0 Å². The number of carbonyl (C=O) groups is 3. The number of likely N-dealkylation sites (tertiary alicyclic amines) is 1. The van der Waals surface area contributed by atoms with Gasteiger partial charge in [-0.15, -0.1) is 0 Å². The van der Waals surface area contributed by atoms with Crippen LogP contribution < -0.4 is 11.1 Å². The van der Waals surface area contributed by atoms with Crippen LogP contribution in [0.5, 0.6) is 5.75 Å². The first-order valence-corrected chi connectivity index (χ1v) is 13.4. The zero-order valence-corrected chi connectivity index (χ0v) is 23.0. The number of amides is 3. The second kappa shape index (κ2) is 11.1. The molecule has 5 N–H and O–H groups in total. The summed E-state index contributed by atoms with van der Waals surface area (Å²) in [5, 5.41) is 32.4. The largest absolute Gasteiger partial charge is 0.507 e. The molecular formula is C28H23ClFN9O4. The zero-order chi connectivity index (χ0) is 30.2. The van der Waals surface area contributed by atoms with Gasteiger partial charge in [0.2, 0.25) is 11.8 Å². The van der Waals surface area contributed by atoms with Crippen molar-refractivity contribution in [3.05, 3.63) is 71.8 Å². The fourth-order valence-electron chi connectivity index (χ4n) is 5.16. The van der Waals surface area contributed by atoms with Gasteiger partial charge in [-0.3, -0.25) is 24.2 Å². The monoisotopic (exact) mass is 603 g/mol. The average Bonchev–Trinajstić information content (AvgIpc) is 3.70. The van der Waals surface area contributed by atoms with Gasteiger partial charge < -0.3 is 21.1 Å². The molecule has 1 aliphatic heterocycles. The summed E-state index contributed by atoms with van der Waals surface area (Å²) >= 11 is 5.92. The highest BCUT2D eigenvalue weighted by Gasteiger charge is 2.40. The highest BCUT2D eigenvalue weighted by molar-refractivity contribution is 6.30. The first-order valence-electron chi connectivity index (χ1n) is 13.0. The van der Waals surface area contributed by atoms with Crippen LogP contribution in [0.2, 0.25) is 5.02 Å². The highest BCUT2D eigenvalue weighted by Crippen LogP contribution is 2.35. The second-order valence-corrected chi connectivity index (χ2v) is 10.4. The van der Waals surface area contributed by atoms with Crippen molar-refractivity contribution in [2.75, 3.05) is 11.9 Å². The van der Waals surface area contributed by atoms with Crippen LogP contribution in [0.3, 0.4) is 0 Å². The minimum Gasteiger partial charge on any atom is -0.507 e. The number of halogens is 2. The minimum atomic E-state index is -1.43. The van der Waals surface area contributed by atoms with Crippen LogP contribution in [-0.4, -0.2) is 76.7 Å². The number of phenolic OH excluding ortho intramolecular Hbond substituents is 1. The van der Waals surface area contributed by atoms with Crippen molar-refractivity contribution in [2.24, 2.45) is 5.73 Å². The number of anilines is 1. The maximum atomic E-state index is 14.6. The zero-order valence-electron chi connectivity index (χ0n) is 22.2. The number of rotatable bonds is 7. The van der Waals surface area contributed by atoms with Gasteiger partial charge in [0.15, 0.2) is 5.69 Å². The van der Waals surface area contributed by atoms with E-state index in [0.717, 1.165) is 16.0 Å². The minimum absolute atomic E-state index is 0.0383. The average molecular weight is 604 g/mol. The molecule has 4 heterocycles. The van der Waals surface area contributed by atoms with Crippen LogP contribution >= 0.6 is 11.6 Å². The van der Waals surface area contributed by atoms with Crippen LogP contribution in [0.4, 0.5) is 10.1 Å². The predicted molar refractivity (Wildman–Crippen MR) is 154 cm³/mol. The third-order valence-electron chi connectivity index (χ3n) is 7.17. The molecule has 3 amide bonds. The second-order valence-electron chi connectivity index (χ2n) is 9.93. The fourth-order valence-corrected chi connectivity index (χ4v) is 5.33. The van der Waals surface area contributed by atoms with Crippen LogP contribution in [0.1, 0.15) is 16.9 Å². The van der Waals surface area contributed by atoms with E-state index in [9.17, 15) is 23.9 Å². The Morgan fingerprint density at radius 1 is 1.14 bits per heavy atom. The van der Waals surface area contributed by atoms with Crippen LogP contribution in [0.15, 0.2) is 61.1 Å². The molecule has 1 fully saturated rings. The number of aromatic amines is 1. The summed E-state index contributed by atoms with van der Waals surface area (Å²) < 4.78 is 15.9. The number of phenols is 1. The summed E-state index contributed by atoms with van der Waals surface area (Å²) in [6, 6.07) is 10.2. The Labute approximate surface area is 247 Å². The van der Waals surface area contributed by atoms with Crippen molar-refractivity contribution >= 4 is 45.9 Å². The van der Waals surface area contributed by atoms with Crippen molar-refractivity contribution < 1.29 is 23.9 Å². The summed E-state index contributed by atoms with van der Waals surface area (Å²) in [4.78, 5) is 40.2. The summed E-state index contributed by atoms with van der Waals surface area (Å²) in [5.74, 6) is -2.15. The van der Waals surface area contributed by atoms with Gasteiger partial charge in [-0.25, -0.2) is 4.39 Å². The molecule has 5 aromatic rings. The first-order chi connectivity index (χ1) is 20.7. The van der Waals surface area contributed by atoms with Gasteiger partial charge in [-0.1, -0.05) is 17.7 Å². The number of hydrogen-bond acceptors (Lipinski definition) is 8. The van der Waals surface area contributed by atoms with Crippen molar-refractivity contribution in [1.29, 1.82) is 0 Å². The molecule has 13 nitrogen and oxygen atoms in total. The Morgan fingerprint density at radius 2 is 1.98 bits per heavy atom. The maximum Gasteiger partial charge on any atom is 0.269 e. The Hall–Kier alpha value is -5.37. The fraction of sp³-hybridized carbons (Fsp3) is 0.179. The number of benzene rings is 2. The Balaban J connectivity index is 1.24. The number of H-pyrrole nitrogens is 1. The molecule has 2 atom stereocenters. The van der Waals surface area contributed by atoms with Gasteiger partial charge in [-0.2, -0.15) is 20.4 Å². The number of aromatic nitrogens is 6. The van der Waals surface area contributed by atoms with Crippen molar-refractivity contribution in [2.45, 2.75) is 25.2 Å². The Kier molecular flexibility index (Phi) is 7.19. The van der Waals surface area contributed by atoms with Gasteiger partial charge in [0.25, 0.3) is 5.91 Å². The molecule has 2 aromatic carbocycles. The van der Waals surface area contributed by atoms with Gasteiger partial charge in [0.1, 0.15) is 30.2 Å². The SMILES string of the molecule is NC(=O)c1nn(CC(=O)N2CC(F)CC2C(=O)Nc2c[nH]nc2-c2ccc(Cl)cc2O)c2ccc(-c3ccnnc3)cc12. The summed E-state index contributed by atoms with van der Waals surface area (Å²) in [6.45, 7) is -0.666. The molecule has 0 bridgehead atoms. The molecule has 6 rings (SSSR count). The third-order valence-corrected chi connectivity index (χ3v) is 7.41. The molecule has 2 unspecified atom stereocenters. The van der Waals surface area contributed by atoms with E-state index in [4.69, 9.17) is 17.3 Å². The molecule has 0 radical (unpaired) electrons. The van der Waals surface area contributed by atoms with E-state index in [2.05, 4.69) is 30.8 Å². The third kappa shape index (κ3) is 5.35. The molecule has 0 saturated carbocycles. The summed E-state index contributed by atoms with van der Waals surface area (Å²) in [7, 11) is 0. The van der Waals surface area contributed by atoms with Gasteiger partial charge in [0, 0.05) is 34.2 Å². The standard InChI is InChI=1S/C28H23ClFN9O4/c29-16-2-3-18(23(40)8-16)25-20(11-34-36-25)35-28(43)22-9-17(30)12-38(22)24(41)13-39-21-4-1-14(15-5-6-32-33-10-15)7-19(21)26(37-39)27(31)42/h1-8,10-11,17,22,40H,9,12-13H2,(H2,31,42)(H,34,36)(H,35,43). The molecule has 15 heteroatoms. The lowest BCUT2D eigenvalue weighted by molar-refractivity contribution is -0.137. The number of carbonyl (C=O) groups excluding carboxylic acids is 3. The molecule has 43 heavy (non-hydrogen) atoms.